The summed E-state index contributed by atoms with van der Waals surface area (Å²) in [4.78, 5) is 34.3. The second-order valence-electron chi connectivity index (χ2n) is 4.11. The fourth-order valence-electron chi connectivity index (χ4n) is 1.66. The molecule has 2 atom stereocenters. The average molecular weight is 260 g/mol. The Morgan fingerprint density at radius 2 is 1.78 bits per heavy atom. The molecule has 0 saturated carbocycles. The van der Waals surface area contributed by atoms with Crippen molar-refractivity contribution in [1.29, 1.82) is 0 Å². The number of aliphatic carboxylic acids is 2. The van der Waals surface area contributed by atoms with E-state index < -0.39 is 29.9 Å². The monoisotopic (exact) mass is 260 g/mol. The molecule has 0 aliphatic rings. The molecule has 0 radical (unpaired) electrons. The zero-order chi connectivity index (χ0) is 14.3. The smallest absolute Gasteiger partial charge is 0.305 e. The van der Waals surface area contributed by atoms with Gasteiger partial charge in [0.2, 0.25) is 5.91 Å². The average Bonchev–Trinajstić information content (AvgIpc) is 2.25. The third-order valence-electron chi connectivity index (χ3n) is 2.61. The van der Waals surface area contributed by atoms with Crippen molar-refractivity contribution in [1.82, 2.24) is 4.90 Å². The molecule has 0 aliphatic heterocycles. The first-order valence-electron chi connectivity index (χ1n) is 5.79. The van der Waals surface area contributed by atoms with Gasteiger partial charge in [-0.25, -0.2) is 0 Å². The number of nitrogens with zero attached hydrogens (tertiary/aromatic N) is 1. The summed E-state index contributed by atoms with van der Waals surface area (Å²) in [7, 11) is 0. The number of amides is 1. The molecule has 0 aromatic rings. The summed E-state index contributed by atoms with van der Waals surface area (Å²) in [6, 6.07) is -1.37. The number of hydrogen-bond acceptors (Lipinski definition) is 4. The fraction of sp³-hybridized carbons (Fsp3) is 0.727. The van der Waals surface area contributed by atoms with Gasteiger partial charge in [0.15, 0.2) is 0 Å². The Hall–Kier alpha value is -1.63. The number of carbonyl (C=O) groups excluding carboxylic acids is 1. The highest BCUT2D eigenvalue weighted by atomic mass is 16.4. The van der Waals surface area contributed by atoms with Crippen LogP contribution < -0.4 is 5.73 Å². The van der Waals surface area contributed by atoms with Crippen molar-refractivity contribution in [3.63, 3.8) is 0 Å². The van der Waals surface area contributed by atoms with Gasteiger partial charge in [-0.2, -0.15) is 0 Å². The first-order chi connectivity index (χ1) is 8.29. The van der Waals surface area contributed by atoms with Gasteiger partial charge in [0.05, 0.1) is 12.5 Å². The van der Waals surface area contributed by atoms with Gasteiger partial charge in [-0.3, -0.25) is 14.4 Å². The summed E-state index contributed by atoms with van der Waals surface area (Å²) < 4.78 is 0. The topological polar surface area (TPSA) is 121 Å². The van der Waals surface area contributed by atoms with Gasteiger partial charge in [-0.15, -0.1) is 0 Å². The summed E-state index contributed by atoms with van der Waals surface area (Å²) in [5, 5.41) is 17.2. The minimum Gasteiger partial charge on any atom is -0.481 e. The number of carbonyl (C=O) groups is 3. The van der Waals surface area contributed by atoms with Gasteiger partial charge in [0.25, 0.3) is 0 Å². The van der Waals surface area contributed by atoms with Crippen molar-refractivity contribution in [3.8, 4) is 0 Å². The lowest BCUT2D eigenvalue weighted by molar-refractivity contribution is -0.140. The molecule has 0 fully saturated rings. The quantitative estimate of drug-likeness (QED) is 0.560. The fourth-order valence-corrected chi connectivity index (χ4v) is 1.66. The van der Waals surface area contributed by atoms with E-state index in [9.17, 15) is 14.4 Å². The van der Waals surface area contributed by atoms with Crippen LogP contribution in [0.4, 0.5) is 0 Å². The van der Waals surface area contributed by atoms with Crippen LogP contribution >= 0.6 is 0 Å². The predicted molar refractivity (Wildman–Crippen MR) is 63.9 cm³/mol. The third kappa shape index (κ3) is 5.62. The molecule has 0 aromatic carbocycles. The summed E-state index contributed by atoms with van der Waals surface area (Å²) in [6.45, 7) is 3.69. The maximum atomic E-state index is 11.9. The molecule has 7 nitrogen and oxygen atoms in total. The van der Waals surface area contributed by atoms with Crippen LogP contribution in [-0.4, -0.2) is 51.6 Å². The highest BCUT2D eigenvalue weighted by Gasteiger charge is 2.25. The first-order valence-corrected chi connectivity index (χ1v) is 5.79. The molecule has 4 N–H and O–H groups in total. The van der Waals surface area contributed by atoms with Crippen molar-refractivity contribution in [2.45, 2.75) is 45.2 Å². The molecular formula is C11H20N2O5. The van der Waals surface area contributed by atoms with Crippen LogP contribution in [0.3, 0.4) is 0 Å². The summed E-state index contributed by atoms with van der Waals surface area (Å²) in [6.07, 6.45) is -0.298. The molecule has 0 rings (SSSR count). The van der Waals surface area contributed by atoms with E-state index in [-0.39, 0.29) is 19.3 Å². The lowest BCUT2D eigenvalue weighted by Crippen LogP contribution is -2.48. The second kappa shape index (κ2) is 7.65. The molecule has 0 aliphatic carbocycles. The molecule has 2 unspecified atom stereocenters. The molecule has 0 bridgehead atoms. The standard InChI is InChI=1S/C11H20N2O5/c1-3-13(7(2)6-10(16)17)11(18)8(12)4-5-9(14)15/h7-8H,3-6,12H2,1-2H3,(H,14,15)(H,16,17). The molecule has 1 amide bonds. The van der Waals surface area contributed by atoms with Crippen LogP contribution in [0.25, 0.3) is 0 Å². The number of nitrogens with two attached hydrogens (primary N) is 1. The number of likely N-dealkylation sites (N-methyl/N-ethyl adjacent to an activating group) is 1. The van der Waals surface area contributed by atoms with E-state index in [1.54, 1.807) is 13.8 Å². The summed E-state index contributed by atoms with van der Waals surface area (Å²) in [5.41, 5.74) is 5.61. The largest absolute Gasteiger partial charge is 0.481 e. The van der Waals surface area contributed by atoms with Crippen LogP contribution in [0, 0.1) is 0 Å². The number of carboxylic acid groups (broad SMARTS) is 2. The lowest BCUT2D eigenvalue weighted by Gasteiger charge is -2.29. The minimum atomic E-state index is -1.01. The van der Waals surface area contributed by atoms with Gasteiger partial charge in [0.1, 0.15) is 0 Å². The molecule has 0 heterocycles. The number of hydrogen-bond donors (Lipinski definition) is 3. The SMILES string of the molecule is CCN(C(=O)C(N)CCC(=O)O)C(C)CC(=O)O. The Bertz CT molecular complexity index is 319. The van der Waals surface area contributed by atoms with Crippen LogP contribution in [0.5, 0.6) is 0 Å². The minimum absolute atomic E-state index is 0.0461. The maximum absolute atomic E-state index is 11.9. The third-order valence-corrected chi connectivity index (χ3v) is 2.61. The normalized spacial score (nSPS) is 13.7. The second-order valence-corrected chi connectivity index (χ2v) is 4.11. The zero-order valence-corrected chi connectivity index (χ0v) is 10.6. The van der Waals surface area contributed by atoms with E-state index in [2.05, 4.69) is 0 Å². The van der Waals surface area contributed by atoms with Gasteiger partial charge in [0, 0.05) is 19.0 Å². The molecule has 104 valence electrons. The van der Waals surface area contributed by atoms with Crippen molar-refractivity contribution in [2.24, 2.45) is 5.73 Å². The highest BCUT2D eigenvalue weighted by molar-refractivity contribution is 5.83. The Kier molecular flexibility index (Phi) is 6.96. The van der Waals surface area contributed by atoms with Crippen molar-refractivity contribution in [2.75, 3.05) is 6.54 Å². The molecule has 18 heavy (non-hydrogen) atoms. The van der Waals surface area contributed by atoms with Crippen LogP contribution in [0.1, 0.15) is 33.1 Å². The Labute approximate surface area is 106 Å². The van der Waals surface area contributed by atoms with E-state index in [1.807, 2.05) is 0 Å². The molecule has 0 spiro atoms. The van der Waals surface area contributed by atoms with Crippen LogP contribution in [0.2, 0.25) is 0 Å². The zero-order valence-electron chi connectivity index (χ0n) is 10.6. The molecule has 0 aromatic heterocycles. The first kappa shape index (κ1) is 16.4. The maximum Gasteiger partial charge on any atom is 0.305 e. The number of carboxylic acids is 2. The predicted octanol–water partition coefficient (Wildman–Crippen LogP) is -0.110. The summed E-state index contributed by atoms with van der Waals surface area (Å²) in [5.74, 6) is -2.42. The lowest BCUT2D eigenvalue weighted by atomic mass is 10.1. The van der Waals surface area contributed by atoms with Gasteiger partial charge < -0.3 is 20.8 Å². The Balaban J connectivity index is 4.49. The van der Waals surface area contributed by atoms with Crippen molar-refractivity contribution in [3.05, 3.63) is 0 Å². The highest BCUT2D eigenvalue weighted by Crippen LogP contribution is 2.08. The number of rotatable bonds is 8. The Morgan fingerprint density at radius 1 is 1.22 bits per heavy atom. The summed E-state index contributed by atoms with van der Waals surface area (Å²) >= 11 is 0. The van der Waals surface area contributed by atoms with E-state index in [1.165, 1.54) is 4.90 Å². The van der Waals surface area contributed by atoms with E-state index >= 15 is 0 Å². The van der Waals surface area contributed by atoms with E-state index in [4.69, 9.17) is 15.9 Å². The van der Waals surface area contributed by atoms with E-state index in [0.29, 0.717) is 6.54 Å². The van der Waals surface area contributed by atoms with Crippen molar-refractivity contribution >= 4 is 17.8 Å². The van der Waals surface area contributed by atoms with Gasteiger partial charge in [-0.1, -0.05) is 0 Å². The molecule has 7 heteroatoms. The van der Waals surface area contributed by atoms with Crippen LogP contribution in [0.15, 0.2) is 0 Å². The molecule has 0 saturated heterocycles. The van der Waals surface area contributed by atoms with E-state index in [0.717, 1.165) is 0 Å². The van der Waals surface area contributed by atoms with Crippen LogP contribution in [-0.2, 0) is 14.4 Å². The van der Waals surface area contributed by atoms with Gasteiger partial charge in [-0.05, 0) is 20.3 Å². The van der Waals surface area contributed by atoms with Crippen molar-refractivity contribution < 1.29 is 24.6 Å². The Morgan fingerprint density at radius 3 is 2.17 bits per heavy atom. The molecular weight excluding hydrogens is 240 g/mol. The van der Waals surface area contributed by atoms with Gasteiger partial charge >= 0.3 is 11.9 Å².